The third-order valence-electron chi connectivity index (χ3n) is 4.17. The predicted molar refractivity (Wildman–Crippen MR) is 107 cm³/mol. The van der Waals surface area contributed by atoms with Crippen LogP contribution in [0.3, 0.4) is 0 Å². The Hall–Kier alpha value is -2.53. The Kier molecular flexibility index (Phi) is 7.67. The van der Waals surface area contributed by atoms with Gasteiger partial charge in [-0.2, -0.15) is 0 Å². The molecule has 6 heteroatoms. The zero-order valence-electron chi connectivity index (χ0n) is 15.9. The topological polar surface area (TPSA) is 58.6 Å². The first-order valence-electron chi connectivity index (χ1n) is 8.92. The SMILES string of the molecule is CCNC(=O)[C@@H](C)N(Cc1ccccc1Cl)C(=O)COc1cccc(C)c1. The van der Waals surface area contributed by atoms with Gasteiger partial charge in [-0.1, -0.05) is 41.9 Å². The molecule has 0 saturated heterocycles. The highest BCUT2D eigenvalue weighted by Gasteiger charge is 2.26. The van der Waals surface area contributed by atoms with Crippen LogP contribution in [0.25, 0.3) is 0 Å². The van der Waals surface area contributed by atoms with Crippen LogP contribution in [-0.2, 0) is 16.1 Å². The number of nitrogens with one attached hydrogen (secondary N) is 1. The Morgan fingerprint density at radius 1 is 1.19 bits per heavy atom. The molecule has 2 amide bonds. The zero-order valence-corrected chi connectivity index (χ0v) is 16.6. The minimum absolute atomic E-state index is 0.155. The fraction of sp³-hybridized carbons (Fsp3) is 0.333. The van der Waals surface area contributed by atoms with Crippen LogP contribution in [0, 0.1) is 6.92 Å². The van der Waals surface area contributed by atoms with Crippen molar-refractivity contribution in [2.24, 2.45) is 0 Å². The number of ether oxygens (including phenoxy) is 1. The van der Waals surface area contributed by atoms with Gasteiger partial charge in [-0.05, 0) is 50.1 Å². The summed E-state index contributed by atoms with van der Waals surface area (Å²) in [7, 11) is 0. The first kappa shape index (κ1) is 20.8. The maximum atomic E-state index is 12.8. The number of carbonyl (C=O) groups is 2. The van der Waals surface area contributed by atoms with E-state index in [0.717, 1.165) is 11.1 Å². The molecule has 5 nitrogen and oxygen atoms in total. The van der Waals surface area contributed by atoms with E-state index in [0.29, 0.717) is 17.3 Å². The summed E-state index contributed by atoms with van der Waals surface area (Å²) < 4.78 is 5.63. The molecule has 2 aromatic rings. The summed E-state index contributed by atoms with van der Waals surface area (Å²) in [5.74, 6) is 0.121. The van der Waals surface area contributed by atoms with Gasteiger partial charge in [0.05, 0.1) is 0 Å². The third-order valence-corrected chi connectivity index (χ3v) is 4.54. The molecule has 0 aromatic heterocycles. The van der Waals surface area contributed by atoms with Crippen molar-refractivity contribution in [2.45, 2.75) is 33.4 Å². The van der Waals surface area contributed by atoms with Gasteiger partial charge in [-0.25, -0.2) is 0 Å². The largest absolute Gasteiger partial charge is 0.484 e. The van der Waals surface area contributed by atoms with Gasteiger partial charge in [0.15, 0.2) is 6.61 Å². The molecular formula is C21H25ClN2O3. The Balaban J connectivity index is 2.15. The van der Waals surface area contributed by atoms with E-state index in [9.17, 15) is 9.59 Å². The van der Waals surface area contributed by atoms with Crippen LogP contribution in [0.2, 0.25) is 5.02 Å². The standard InChI is InChI=1S/C21H25ClN2O3/c1-4-23-21(26)16(3)24(13-17-9-5-6-11-19(17)22)20(25)14-27-18-10-7-8-15(2)12-18/h5-12,16H,4,13-14H2,1-3H3,(H,23,26)/t16-/m1/s1. The zero-order chi connectivity index (χ0) is 19.8. The second kappa shape index (κ2) is 9.97. The third kappa shape index (κ3) is 6.00. The summed E-state index contributed by atoms with van der Waals surface area (Å²) in [5.41, 5.74) is 1.82. The molecule has 1 N–H and O–H groups in total. The summed E-state index contributed by atoms with van der Waals surface area (Å²) in [4.78, 5) is 26.6. The molecule has 0 fully saturated rings. The van der Waals surface area contributed by atoms with E-state index in [1.165, 1.54) is 4.90 Å². The predicted octanol–water partition coefficient (Wildman–Crippen LogP) is 3.58. The van der Waals surface area contributed by atoms with Crippen LogP contribution in [0.4, 0.5) is 0 Å². The van der Waals surface area contributed by atoms with Gasteiger partial charge in [0, 0.05) is 18.1 Å². The highest BCUT2D eigenvalue weighted by atomic mass is 35.5. The number of aryl methyl sites for hydroxylation is 1. The minimum Gasteiger partial charge on any atom is -0.484 e. The molecule has 0 saturated carbocycles. The Morgan fingerprint density at radius 3 is 2.59 bits per heavy atom. The molecule has 0 aliphatic rings. The molecular weight excluding hydrogens is 364 g/mol. The fourth-order valence-electron chi connectivity index (χ4n) is 2.65. The van der Waals surface area contributed by atoms with Crippen LogP contribution in [0.5, 0.6) is 5.75 Å². The lowest BCUT2D eigenvalue weighted by molar-refractivity contribution is -0.142. The highest BCUT2D eigenvalue weighted by Crippen LogP contribution is 2.19. The van der Waals surface area contributed by atoms with E-state index in [2.05, 4.69) is 5.32 Å². The number of halogens is 1. The summed E-state index contributed by atoms with van der Waals surface area (Å²) in [5, 5.41) is 3.31. The fourth-order valence-corrected chi connectivity index (χ4v) is 2.84. The Labute approximate surface area is 165 Å². The maximum absolute atomic E-state index is 12.8. The number of amides is 2. The maximum Gasteiger partial charge on any atom is 0.261 e. The van der Waals surface area contributed by atoms with Crippen LogP contribution in [0.1, 0.15) is 25.0 Å². The van der Waals surface area contributed by atoms with Gasteiger partial charge in [-0.3, -0.25) is 9.59 Å². The van der Waals surface area contributed by atoms with Crippen molar-refractivity contribution in [3.8, 4) is 5.75 Å². The van der Waals surface area contributed by atoms with Gasteiger partial charge in [0.2, 0.25) is 5.91 Å². The Bertz CT molecular complexity index is 795. The van der Waals surface area contributed by atoms with Gasteiger partial charge in [0.1, 0.15) is 11.8 Å². The average molecular weight is 389 g/mol. The number of benzene rings is 2. The van der Waals surface area contributed by atoms with Gasteiger partial charge >= 0.3 is 0 Å². The van der Waals surface area contributed by atoms with Crippen molar-refractivity contribution >= 4 is 23.4 Å². The van der Waals surface area contributed by atoms with Crippen LogP contribution >= 0.6 is 11.6 Å². The molecule has 0 heterocycles. The number of hydrogen-bond acceptors (Lipinski definition) is 3. The van der Waals surface area contributed by atoms with Gasteiger partial charge in [-0.15, -0.1) is 0 Å². The number of carbonyl (C=O) groups excluding carboxylic acids is 2. The molecule has 0 bridgehead atoms. The molecule has 0 aliphatic carbocycles. The summed E-state index contributed by atoms with van der Waals surface area (Å²) in [6, 6.07) is 14.1. The molecule has 2 rings (SSSR count). The summed E-state index contributed by atoms with van der Waals surface area (Å²) in [6.45, 7) is 6.07. The monoisotopic (exact) mass is 388 g/mol. The first-order valence-corrected chi connectivity index (χ1v) is 9.30. The van der Waals surface area contributed by atoms with E-state index in [-0.39, 0.29) is 25.0 Å². The first-order chi connectivity index (χ1) is 12.9. The van der Waals surface area contributed by atoms with E-state index < -0.39 is 6.04 Å². The molecule has 0 spiro atoms. The molecule has 144 valence electrons. The summed E-state index contributed by atoms with van der Waals surface area (Å²) >= 11 is 6.24. The summed E-state index contributed by atoms with van der Waals surface area (Å²) in [6.07, 6.45) is 0. The van der Waals surface area contributed by atoms with Crippen molar-refractivity contribution in [1.82, 2.24) is 10.2 Å². The lowest BCUT2D eigenvalue weighted by Gasteiger charge is -2.29. The normalized spacial score (nSPS) is 11.6. The lowest BCUT2D eigenvalue weighted by Crippen LogP contribution is -2.49. The molecule has 27 heavy (non-hydrogen) atoms. The van der Waals surface area contributed by atoms with Gasteiger partial charge in [0.25, 0.3) is 5.91 Å². The number of nitrogens with zero attached hydrogens (tertiary/aromatic N) is 1. The van der Waals surface area contributed by atoms with Crippen LogP contribution in [0.15, 0.2) is 48.5 Å². The van der Waals surface area contributed by atoms with E-state index in [1.54, 1.807) is 19.1 Å². The van der Waals surface area contributed by atoms with Crippen molar-refractivity contribution < 1.29 is 14.3 Å². The quantitative estimate of drug-likeness (QED) is 0.751. The number of rotatable bonds is 8. The Morgan fingerprint density at radius 2 is 1.93 bits per heavy atom. The molecule has 0 radical (unpaired) electrons. The van der Waals surface area contributed by atoms with Crippen LogP contribution in [-0.4, -0.2) is 35.9 Å². The minimum atomic E-state index is -0.644. The van der Waals surface area contributed by atoms with Crippen molar-refractivity contribution in [1.29, 1.82) is 0 Å². The van der Waals surface area contributed by atoms with Crippen molar-refractivity contribution in [3.63, 3.8) is 0 Å². The number of hydrogen-bond donors (Lipinski definition) is 1. The van der Waals surface area contributed by atoms with E-state index >= 15 is 0 Å². The second-order valence-electron chi connectivity index (χ2n) is 6.29. The second-order valence-corrected chi connectivity index (χ2v) is 6.70. The van der Waals surface area contributed by atoms with Crippen molar-refractivity contribution in [3.05, 3.63) is 64.7 Å². The smallest absolute Gasteiger partial charge is 0.261 e. The molecule has 0 aliphatic heterocycles. The van der Waals surface area contributed by atoms with Gasteiger partial charge < -0.3 is 15.0 Å². The average Bonchev–Trinajstić information content (AvgIpc) is 2.65. The number of likely N-dealkylation sites (N-methyl/N-ethyl adjacent to an activating group) is 1. The van der Waals surface area contributed by atoms with E-state index in [4.69, 9.17) is 16.3 Å². The highest BCUT2D eigenvalue weighted by molar-refractivity contribution is 6.31. The van der Waals surface area contributed by atoms with Crippen LogP contribution < -0.4 is 10.1 Å². The van der Waals surface area contributed by atoms with E-state index in [1.807, 2.05) is 50.2 Å². The molecule has 0 unspecified atom stereocenters. The molecule has 2 aromatic carbocycles. The molecule has 1 atom stereocenters. The van der Waals surface area contributed by atoms with Crippen molar-refractivity contribution in [2.75, 3.05) is 13.2 Å². The lowest BCUT2D eigenvalue weighted by atomic mass is 10.1.